The molecule has 0 fully saturated rings. The molecule has 3 heterocycles. The molecule has 0 aliphatic heterocycles. The Labute approximate surface area is 511 Å². The van der Waals surface area contributed by atoms with E-state index in [2.05, 4.69) is 62.8 Å². The van der Waals surface area contributed by atoms with Gasteiger partial charge in [-0.1, -0.05) is 108 Å². The number of carboxylic acid groups (broad SMARTS) is 3. The predicted molar refractivity (Wildman–Crippen MR) is 326 cm³/mol. The Balaban J connectivity index is 1.22. The molecular formula is C62H78N12O15. The van der Waals surface area contributed by atoms with Crippen molar-refractivity contribution in [1.82, 2.24) is 62.8 Å². The van der Waals surface area contributed by atoms with E-state index in [1.54, 1.807) is 101 Å². The number of H-pyrrole nitrogens is 3. The second-order valence-corrected chi connectivity index (χ2v) is 22.2. The number of aliphatic carboxylic acids is 3. The van der Waals surface area contributed by atoms with Crippen LogP contribution in [0.1, 0.15) is 96.3 Å². The Morgan fingerprint density at radius 3 is 1.34 bits per heavy atom. The number of nitrogens with one attached hydrogen (secondary N) is 12. The molecule has 0 aliphatic carbocycles. The van der Waals surface area contributed by atoms with Gasteiger partial charge in [0, 0.05) is 77.0 Å². The molecule has 6 aromatic rings. The number of hydrogen-bond acceptors (Lipinski definition) is 12. The third-order valence-electron chi connectivity index (χ3n) is 15.4. The summed E-state index contributed by atoms with van der Waals surface area (Å²) in [6, 6.07) is 9.40. The van der Waals surface area contributed by atoms with Crippen molar-refractivity contribution < 1.29 is 72.9 Å². The average molecular weight is 1230 g/mol. The van der Waals surface area contributed by atoms with Gasteiger partial charge in [-0.3, -0.25) is 52.7 Å². The van der Waals surface area contributed by atoms with Crippen LogP contribution >= 0.6 is 0 Å². The SMILES string of the molecule is CCCC[C@H](NC=O)C(=O)N[C@@H](Cc1c[nH]c2ccccc12)C(=O)N[C@@H](CCC(=O)O)C(=O)N[C@@H](CC(=O)O)C(=O)N[C@@H](Cc1c[nH]c2ccccc12)C(=O)N[C@H](C(=O)NCC(=O)N[C@@H](Cc1c[nH]c2ccccc12)C(=O)N[C@H](C(=O)O)[C@@H](C)CC)C(C)C. The molecule has 0 spiro atoms. The Hall–Kier alpha value is -10.1. The zero-order valence-corrected chi connectivity index (χ0v) is 50.0. The number of rotatable bonds is 36. The van der Waals surface area contributed by atoms with Crippen molar-refractivity contribution in [2.45, 2.75) is 147 Å². The first-order valence-electron chi connectivity index (χ1n) is 29.4. The van der Waals surface area contributed by atoms with Crippen molar-refractivity contribution in [2.75, 3.05) is 6.54 Å². The minimum atomic E-state index is -1.99. The molecule has 3 aromatic heterocycles. The number of aromatic nitrogens is 3. The Bertz CT molecular complexity index is 3520. The first-order valence-corrected chi connectivity index (χ1v) is 29.4. The number of carboxylic acids is 3. The first-order chi connectivity index (χ1) is 42.5. The van der Waals surface area contributed by atoms with Crippen LogP contribution in [0.3, 0.4) is 0 Å². The molecule has 9 atom stereocenters. The molecule has 27 nitrogen and oxygen atoms in total. The Morgan fingerprint density at radius 1 is 0.483 bits per heavy atom. The Kier molecular flexibility index (Phi) is 24.9. The molecule has 6 rings (SSSR count). The summed E-state index contributed by atoms with van der Waals surface area (Å²) in [6.07, 6.45) is 4.12. The van der Waals surface area contributed by atoms with Crippen LogP contribution in [0.4, 0.5) is 0 Å². The van der Waals surface area contributed by atoms with Crippen LogP contribution < -0.4 is 47.9 Å². The quantitative estimate of drug-likeness (QED) is 0.0251. The zero-order chi connectivity index (χ0) is 64.9. The maximum Gasteiger partial charge on any atom is 0.326 e. The standard InChI is InChI=1S/C62H78N12O15/c1-6-8-18-44(67-32-75)55(81)70-47(25-36-29-64-42-20-13-10-16-39(36)42)57(83)69-45(22-23-51(77)78)56(82)72-49(27-52(79)80)58(84)71-48(26-37-30-65-43-21-14-11-17-40(37)43)60(86)73-53(33(3)4)61(87)66-31-50(76)68-46(59(85)74-54(62(88)89)34(5)7-2)24-35-28-63-41-19-12-9-15-38(35)41/h9-17,19-21,28-30,32-34,44-49,53-54,63-65H,6-8,18,22-27,31H2,1-5H3,(H,66,87)(H,67,75)(H,68,76)(H,69,83)(H,70,81)(H,71,84)(H,72,82)(H,73,86)(H,74,85)(H,77,78)(H,79,80)(H,88,89)/t34-,44-,45-,46-,47-,48-,49-,53-,54-/m0/s1. The van der Waals surface area contributed by atoms with Crippen LogP contribution in [-0.4, -0.2) is 157 Å². The molecule has 9 amide bonds. The molecule has 0 bridgehead atoms. The van der Waals surface area contributed by atoms with E-state index in [0.29, 0.717) is 64.2 Å². The highest BCUT2D eigenvalue weighted by atomic mass is 16.4. The monoisotopic (exact) mass is 1230 g/mol. The van der Waals surface area contributed by atoms with Gasteiger partial charge in [-0.05, 0) is 59.6 Å². The molecule has 89 heavy (non-hydrogen) atoms. The number of amides is 9. The van der Waals surface area contributed by atoms with Crippen molar-refractivity contribution in [1.29, 1.82) is 0 Å². The number of hydrogen-bond donors (Lipinski definition) is 15. The number of carbonyl (C=O) groups is 12. The lowest BCUT2D eigenvalue weighted by Crippen LogP contribution is -2.61. The van der Waals surface area contributed by atoms with E-state index in [0.717, 1.165) is 10.9 Å². The van der Waals surface area contributed by atoms with Crippen molar-refractivity contribution in [3.05, 3.63) is 108 Å². The minimum absolute atomic E-state index is 0.0766. The van der Waals surface area contributed by atoms with Gasteiger partial charge < -0.3 is 78.1 Å². The van der Waals surface area contributed by atoms with E-state index in [1.165, 1.54) is 0 Å². The van der Waals surface area contributed by atoms with E-state index >= 15 is 0 Å². The van der Waals surface area contributed by atoms with Crippen LogP contribution in [-0.2, 0) is 76.8 Å². The summed E-state index contributed by atoms with van der Waals surface area (Å²) in [5.41, 5.74) is 3.77. The fraction of sp³-hybridized carbons (Fsp3) is 0.419. The normalized spacial score (nSPS) is 14.3. The molecular weight excluding hydrogens is 1150 g/mol. The smallest absolute Gasteiger partial charge is 0.326 e. The largest absolute Gasteiger partial charge is 0.481 e. The summed E-state index contributed by atoms with van der Waals surface area (Å²) in [7, 11) is 0. The van der Waals surface area contributed by atoms with E-state index in [9.17, 15) is 72.9 Å². The van der Waals surface area contributed by atoms with Gasteiger partial charge in [0.25, 0.3) is 0 Å². The Morgan fingerprint density at radius 2 is 0.899 bits per heavy atom. The summed E-state index contributed by atoms with van der Waals surface area (Å²) >= 11 is 0. The minimum Gasteiger partial charge on any atom is -0.481 e. The maximum absolute atomic E-state index is 14.6. The predicted octanol–water partition coefficient (Wildman–Crippen LogP) is 2.10. The fourth-order valence-electron chi connectivity index (χ4n) is 10.2. The molecule has 27 heteroatoms. The average Bonchev–Trinajstić information content (AvgIpc) is 1.91. The first kappa shape index (κ1) is 68.0. The molecule has 3 aromatic carbocycles. The van der Waals surface area contributed by atoms with Gasteiger partial charge in [-0.25, -0.2) is 4.79 Å². The van der Waals surface area contributed by atoms with Crippen LogP contribution in [0.5, 0.6) is 0 Å². The molecule has 0 radical (unpaired) electrons. The number of aromatic amines is 3. The van der Waals surface area contributed by atoms with E-state index in [4.69, 9.17) is 0 Å². The summed E-state index contributed by atoms with van der Waals surface area (Å²) in [5.74, 6) is -13.0. The van der Waals surface area contributed by atoms with Crippen LogP contribution in [0.2, 0.25) is 0 Å². The lowest BCUT2D eigenvalue weighted by Gasteiger charge is -2.28. The van der Waals surface area contributed by atoms with E-state index in [-0.39, 0.29) is 25.7 Å². The van der Waals surface area contributed by atoms with E-state index < -0.39 is 151 Å². The summed E-state index contributed by atoms with van der Waals surface area (Å²) in [6.45, 7) is 7.75. The van der Waals surface area contributed by atoms with Gasteiger partial charge in [0.15, 0.2) is 0 Å². The number of unbranched alkanes of at least 4 members (excludes halogenated alkanes) is 1. The number of fused-ring (bicyclic) bond motifs is 3. The zero-order valence-electron chi connectivity index (χ0n) is 50.0. The highest BCUT2D eigenvalue weighted by Gasteiger charge is 2.37. The van der Waals surface area contributed by atoms with E-state index in [1.807, 2.05) is 25.1 Å². The van der Waals surface area contributed by atoms with Gasteiger partial charge in [0.1, 0.15) is 48.3 Å². The molecule has 0 saturated heterocycles. The summed E-state index contributed by atoms with van der Waals surface area (Å²) in [4.78, 5) is 171. The lowest BCUT2D eigenvalue weighted by molar-refractivity contribution is -0.144. The highest BCUT2D eigenvalue weighted by molar-refractivity contribution is 6.00. The third-order valence-corrected chi connectivity index (χ3v) is 15.4. The van der Waals surface area contributed by atoms with Crippen molar-refractivity contribution in [3.63, 3.8) is 0 Å². The van der Waals surface area contributed by atoms with Crippen molar-refractivity contribution in [3.8, 4) is 0 Å². The van der Waals surface area contributed by atoms with Crippen LogP contribution in [0.15, 0.2) is 91.4 Å². The second kappa shape index (κ2) is 32.6. The van der Waals surface area contributed by atoms with Gasteiger partial charge in [-0.15, -0.1) is 0 Å². The second-order valence-electron chi connectivity index (χ2n) is 22.2. The molecule has 0 unspecified atom stereocenters. The molecule has 15 N–H and O–H groups in total. The summed E-state index contributed by atoms with van der Waals surface area (Å²) < 4.78 is 0. The van der Waals surface area contributed by atoms with Crippen molar-refractivity contribution in [2.24, 2.45) is 11.8 Å². The maximum atomic E-state index is 14.6. The van der Waals surface area contributed by atoms with Crippen molar-refractivity contribution >= 4 is 104 Å². The van der Waals surface area contributed by atoms with Crippen LogP contribution in [0, 0.1) is 11.8 Å². The summed E-state index contributed by atoms with van der Waals surface area (Å²) in [5, 5.41) is 54.6. The van der Waals surface area contributed by atoms with Gasteiger partial charge >= 0.3 is 17.9 Å². The van der Waals surface area contributed by atoms with Gasteiger partial charge in [0.2, 0.25) is 53.7 Å². The number of para-hydroxylation sites is 3. The van der Waals surface area contributed by atoms with Gasteiger partial charge in [-0.2, -0.15) is 0 Å². The molecule has 0 saturated carbocycles. The van der Waals surface area contributed by atoms with Crippen LogP contribution in [0.25, 0.3) is 32.7 Å². The molecule has 476 valence electrons. The lowest BCUT2D eigenvalue weighted by atomic mass is 9.98. The topological polar surface area (TPSA) is 421 Å². The van der Waals surface area contributed by atoms with Gasteiger partial charge in [0.05, 0.1) is 13.0 Å². The third kappa shape index (κ3) is 19.2. The highest BCUT2D eigenvalue weighted by Crippen LogP contribution is 2.23. The number of carbonyl (C=O) groups excluding carboxylic acids is 9. The fourth-order valence-corrected chi connectivity index (χ4v) is 10.2. The molecule has 0 aliphatic rings. The number of benzene rings is 3.